The van der Waals surface area contributed by atoms with Gasteiger partial charge in [0, 0.05) is 11.4 Å². The second kappa shape index (κ2) is 8.73. The van der Waals surface area contributed by atoms with Gasteiger partial charge in [-0.05, 0) is 57.6 Å². The molecule has 0 aromatic heterocycles. The largest absolute Gasteiger partial charge is 0.356 e. The zero-order chi connectivity index (χ0) is 20.9. The minimum atomic E-state index is 1.08. The molecule has 1 heteroatoms. The molecular formula is C30H23N. The minimum Gasteiger partial charge on any atom is -0.356 e. The molecule has 0 atom stereocenters. The van der Waals surface area contributed by atoms with Crippen LogP contribution in [0.3, 0.4) is 0 Å². The lowest BCUT2D eigenvalue weighted by Crippen LogP contribution is -1.91. The van der Waals surface area contributed by atoms with E-state index in [9.17, 15) is 0 Å². The first-order valence-electron chi connectivity index (χ1n) is 10.5. The molecule has 31 heavy (non-hydrogen) atoms. The van der Waals surface area contributed by atoms with Crippen molar-refractivity contribution >= 4 is 11.4 Å². The van der Waals surface area contributed by atoms with Crippen molar-refractivity contribution in [2.45, 2.75) is 0 Å². The molecule has 5 aromatic rings. The molecule has 0 amide bonds. The number of anilines is 2. The molecule has 0 aliphatic carbocycles. The van der Waals surface area contributed by atoms with Crippen LogP contribution in [0, 0.1) is 0 Å². The van der Waals surface area contributed by atoms with Gasteiger partial charge in [0.15, 0.2) is 0 Å². The molecule has 148 valence electrons. The Hall–Kier alpha value is -4.10. The molecule has 0 aliphatic heterocycles. The summed E-state index contributed by atoms with van der Waals surface area (Å²) in [5, 5.41) is 3.55. The van der Waals surface area contributed by atoms with Gasteiger partial charge in [0.05, 0.1) is 0 Å². The molecule has 0 heterocycles. The summed E-state index contributed by atoms with van der Waals surface area (Å²) in [5.74, 6) is 0. The van der Waals surface area contributed by atoms with Gasteiger partial charge in [-0.3, -0.25) is 0 Å². The molecule has 0 fully saturated rings. The molecule has 0 spiro atoms. The average Bonchev–Trinajstić information content (AvgIpc) is 2.86. The van der Waals surface area contributed by atoms with E-state index in [0.29, 0.717) is 0 Å². The van der Waals surface area contributed by atoms with Crippen molar-refractivity contribution < 1.29 is 0 Å². The zero-order valence-electron chi connectivity index (χ0n) is 17.2. The Balaban J connectivity index is 1.42. The van der Waals surface area contributed by atoms with Gasteiger partial charge in [0.1, 0.15) is 0 Å². The Morgan fingerprint density at radius 1 is 0.323 bits per heavy atom. The van der Waals surface area contributed by atoms with Crippen LogP contribution in [0.5, 0.6) is 0 Å². The zero-order valence-corrected chi connectivity index (χ0v) is 17.2. The third-order valence-corrected chi connectivity index (χ3v) is 5.47. The van der Waals surface area contributed by atoms with Gasteiger partial charge >= 0.3 is 0 Å². The molecule has 0 bridgehead atoms. The van der Waals surface area contributed by atoms with E-state index < -0.39 is 0 Å². The minimum absolute atomic E-state index is 1.08. The van der Waals surface area contributed by atoms with Crippen molar-refractivity contribution in [2.75, 3.05) is 5.32 Å². The SMILES string of the molecule is c1ccc(-c2ccc(Nc3cccc(-c4ccccc4-c4ccccc4)c3)cc2)cc1. The Bertz CT molecular complexity index is 1270. The van der Waals surface area contributed by atoms with Crippen LogP contribution in [0.2, 0.25) is 0 Å². The van der Waals surface area contributed by atoms with Crippen LogP contribution in [-0.4, -0.2) is 0 Å². The standard InChI is InChI=1S/C30H23N/c1-3-10-23(11-4-1)24-18-20-27(21-19-24)31-28-15-9-14-26(22-28)30-17-8-7-16-29(30)25-12-5-2-6-13-25/h1-22,31H. The number of hydrogen-bond acceptors (Lipinski definition) is 1. The summed E-state index contributed by atoms with van der Waals surface area (Å²) in [4.78, 5) is 0. The van der Waals surface area contributed by atoms with Gasteiger partial charge in [0.25, 0.3) is 0 Å². The lowest BCUT2D eigenvalue weighted by atomic mass is 9.94. The fraction of sp³-hybridized carbons (Fsp3) is 0. The van der Waals surface area contributed by atoms with E-state index in [0.717, 1.165) is 11.4 Å². The molecular weight excluding hydrogens is 374 g/mol. The lowest BCUT2D eigenvalue weighted by Gasteiger charge is -2.13. The maximum Gasteiger partial charge on any atom is 0.0390 e. The Morgan fingerprint density at radius 3 is 1.52 bits per heavy atom. The molecule has 0 unspecified atom stereocenters. The van der Waals surface area contributed by atoms with E-state index in [2.05, 4.69) is 133 Å². The topological polar surface area (TPSA) is 12.0 Å². The van der Waals surface area contributed by atoms with Crippen LogP contribution in [0.25, 0.3) is 33.4 Å². The van der Waals surface area contributed by atoms with Crippen LogP contribution < -0.4 is 5.32 Å². The van der Waals surface area contributed by atoms with Crippen molar-refractivity contribution in [3.8, 4) is 33.4 Å². The normalized spacial score (nSPS) is 10.6. The number of hydrogen-bond donors (Lipinski definition) is 1. The van der Waals surface area contributed by atoms with Gasteiger partial charge in [-0.25, -0.2) is 0 Å². The first kappa shape index (κ1) is 18.9. The van der Waals surface area contributed by atoms with Crippen molar-refractivity contribution in [3.05, 3.63) is 133 Å². The Labute approximate surface area is 183 Å². The molecule has 0 aliphatic rings. The van der Waals surface area contributed by atoms with Crippen molar-refractivity contribution in [1.29, 1.82) is 0 Å². The second-order valence-corrected chi connectivity index (χ2v) is 7.56. The summed E-state index contributed by atoms with van der Waals surface area (Å²) in [6.07, 6.45) is 0. The molecule has 0 saturated carbocycles. The number of nitrogens with one attached hydrogen (secondary N) is 1. The smallest absolute Gasteiger partial charge is 0.0390 e. The van der Waals surface area contributed by atoms with Crippen molar-refractivity contribution in [1.82, 2.24) is 0 Å². The van der Waals surface area contributed by atoms with Crippen molar-refractivity contribution in [3.63, 3.8) is 0 Å². The Kier molecular flexibility index (Phi) is 5.32. The highest BCUT2D eigenvalue weighted by Gasteiger charge is 2.07. The van der Waals surface area contributed by atoms with E-state index in [1.807, 2.05) is 6.07 Å². The fourth-order valence-electron chi connectivity index (χ4n) is 3.91. The maximum atomic E-state index is 3.55. The molecule has 0 radical (unpaired) electrons. The quantitative estimate of drug-likeness (QED) is 0.314. The summed E-state index contributed by atoms with van der Waals surface area (Å²) in [7, 11) is 0. The third kappa shape index (κ3) is 4.26. The predicted molar refractivity (Wildman–Crippen MR) is 132 cm³/mol. The van der Waals surface area contributed by atoms with Gasteiger partial charge in [-0.1, -0.05) is 109 Å². The summed E-state index contributed by atoms with van der Waals surface area (Å²) < 4.78 is 0. The summed E-state index contributed by atoms with van der Waals surface area (Å²) in [6.45, 7) is 0. The highest BCUT2D eigenvalue weighted by molar-refractivity contribution is 5.85. The number of rotatable bonds is 5. The monoisotopic (exact) mass is 397 g/mol. The third-order valence-electron chi connectivity index (χ3n) is 5.47. The highest BCUT2D eigenvalue weighted by Crippen LogP contribution is 2.33. The van der Waals surface area contributed by atoms with Crippen LogP contribution in [0.15, 0.2) is 133 Å². The highest BCUT2D eigenvalue weighted by atomic mass is 14.9. The average molecular weight is 398 g/mol. The van der Waals surface area contributed by atoms with E-state index in [1.165, 1.54) is 33.4 Å². The summed E-state index contributed by atoms with van der Waals surface area (Å²) in [6, 6.07) is 46.8. The summed E-state index contributed by atoms with van der Waals surface area (Å²) >= 11 is 0. The van der Waals surface area contributed by atoms with Gasteiger partial charge in [-0.2, -0.15) is 0 Å². The Morgan fingerprint density at radius 2 is 0.839 bits per heavy atom. The van der Waals surface area contributed by atoms with Crippen LogP contribution >= 0.6 is 0 Å². The van der Waals surface area contributed by atoms with E-state index in [-0.39, 0.29) is 0 Å². The maximum absolute atomic E-state index is 3.55. The first-order valence-corrected chi connectivity index (χ1v) is 10.5. The van der Waals surface area contributed by atoms with Crippen LogP contribution in [0.1, 0.15) is 0 Å². The fourth-order valence-corrected chi connectivity index (χ4v) is 3.91. The van der Waals surface area contributed by atoms with E-state index in [4.69, 9.17) is 0 Å². The van der Waals surface area contributed by atoms with Gasteiger partial charge < -0.3 is 5.32 Å². The lowest BCUT2D eigenvalue weighted by molar-refractivity contribution is 1.53. The number of benzene rings is 5. The van der Waals surface area contributed by atoms with E-state index in [1.54, 1.807) is 0 Å². The van der Waals surface area contributed by atoms with Gasteiger partial charge in [0.2, 0.25) is 0 Å². The molecule has 1 nitrogen and oxygen atoms in total. The molecule has 0 saturated heterocycles. The molecule has 5 rings (SSSR count). The predicted octanol–water partition coefficient (Wildman–Crippen LogP) is 8.43. The van der Waals surface area contributed by atoms with Crippen molar-refractivity contribution in [2.24, 2.45) is 0 Å². The first-order chi connectivity index (χ1) is 15.4. The molecule has 5 aromatic carbocycles. The van der Waals surface area contributed by atoms with Gasteiger partial charge in [-0.15, -0.1) is 0 Å². The summed E-state index contributed by atoms with van der Waals surface area (Å²) in [5.41, 5.74) is 9.51. The van der Waals surface area contributed by atoms with Crippen LogP contribution in [0.4, 0.5) is 11.4 Å². The van der Waals surface area contributed by atoms with E-state index >= 15 is 0 Å². The van der Waals surface area contributed by atoms with Crippen LogP contribution in [-0.2, 0) is 0 Å². The second-order valence-electron chi connectivity index (χ2n) is 7.56. The molecule has 1 N–H and O–H groups in total.